The lowest BCUT2D eigenvalue weighted by Gasteiger charge is -2.18. The first kappa shape index (κ1) is 23.7. The molecule has 1 amide bonds. The Kier molecular flexibility index (Phi) is 5.65. The van der Waals surface area contributed by atoms with Crippen molar-refractivity contribution in [3.05, 3.63) is 100 Å². The van der Waals surface area contributed by atoms with Gasteiger partial charge in [-0.15, -0.1) is 0 Å². The Labute approximate surface area is 220 Å². The first-order valence-corrected chi connectivity index (χ1v) is 11.9. The molecule has 0 aliphatic rings. The van der Waals surface area contributed by atoms with Crippen LogP contribution in [0.5, 0.6) is 0 Å². The van der Waals surface area contributed by atoms with Crippen LogP contribution in [-0.2, 0) is 7.05 Å². The van der Waals surface area contributed by atoms with Crippen molar-refractivity contribution in [3.8, 4) is 17.5 Å². The molecule has 6 aromatic rings. The van der Waals surface area contributed by atoms with Crippen LogP contribution in [0.3, 0.4) is 0 Å². The summed E-state index contributed by atoms with van der Waals surface area (Å²) in [6, 6.07) is 11.7. The van der Waals surface area contributed by atoms with Gasteiger partial charge in [0, 0.05) is 19.4 Å². The number of hydrogen-bond donors (Lipinski definition) is 2. The van der Waals surface area contributed by atoms with E-state index in [4.69, 9.17) is 10.2 Å². The minimum absolute atomic E-state index is 0.0325. The van der Waals surface area contributed by atoms with E-state index in [0.29, 0.717) is 22.5 Å². The fraction of sp³-hybridized carbons (Fsp3) is 0.111. The molecule has 1 atom stereocenters. The predicted molar refractivity (Wildman–Crippen MR) is 142 cm³/mol. The van der Waals surface area contributed by atoms with Gasteiger partial charge in [0.1, 0.15) is 17.5 Å². The number of furan rings is 1. The molecule has 0 radical (unpaired) electrons. The summed E-state index contributed by atoms with van der Waals surface area (Å²) >= 11 is 0. The molecule has 0 saturated heterocycles. The normalized spacial score (nSPS) is 11.8. The van der Waals surface area contributed by atoms with Crippen molar-refractivity contribution in [2.45, 2.75) is 13.0 Å². The maximum absolute atomic E-state index is 13.9. The van der Waals surface area contributed by atoms with Crippen molar-refractivity contribution >= 4 is 28.5 Å². The number of hydrogen-bond acceptors (Lipinski definition) is 8. The maximum Gasteiger partial charge on any atom is 0.274 e. The number of nitrogens with zero attached hydrogens (tertiary/aromatic N) is 7. The number of nitrogens with two attached hydrogens (primary N) is 1. The molecular weight excluding hydrogens is 498 g/mol. The van der Waals surface area contributed by atoms with E-state index < -0.39 is 11.9 Å². The molecule has 0 saturated carbocycles. The second kappa shape index (κ2) is 9.31. The molecule has 0 bridgehead atoms. The zero-order chi connectivity index (χ0) is 27.1. The fourth-order valence-electron chi connectivity index (χ4n) is 4.29. The van der Waals surface area contributed by atoms with Crippen LogP contribution in [0.4, 0.5) is 5.82 Å². The van der Waals surface area contributed by atoms with Gasteiger partial charge in [0.25, 0.3) is 11.5 Å². The number of rotatable bonds is 4. The number of nitrogen functional groups attached to an aromatic ring is 1. The topological polar surface area (TPSA) is 151 Å². The molecule has 5 heterocycles. The second-order valence-electron chi connectivity index (χ2n) is 8.76. The lowest BCUT2D eigenvalue weighted by Crippen LogP contribution is -2.34. The lowest BCUT2D eigenvalue weighted by molar-refractivity contribution is 0.0931. The van der Waals surface area contributed by atoms with Crippen molar-refractivity contribution in [2.75, 3.05) is 5.73 Å². The molecule has 0 aliphatic heterocycles. The third kappa shape index (κ3) is 4.17. The summed E-state index contributed by atoms with van der Waals surface area (Å²) in [4.78, 5) is 36.0. The number of amides is 1. The summed E-state index contributed by atoms with van der Waals surface area (Å²) in [5.41, 5.74) is 7.91. The molecular formula is C27H21N9O3. The smallest absolute Gasteiger partial charge is 0.274 e. The van der Waals surface area contributed by atoms with Crippen molar-refractivity contribution in [2.24, 2.45) is 7.05 Å². The highest BCUT2D eigenvalue weighted by Crippen LogP contribution is 2.22. The Balaban J connectivity index is 1.45. The summed E-state index contributed by atoms with van der Waals surface area (Å²) in [6.45, 7) is 1.71. The molecule has 5 aromatic heterocycles. The Morgan fingerprint density at radius 2 is 1.92 bits per heavy atom. The Morgan fingerprint density at radius 3 is 2.69 bits per heavy atom. The van der Waals surface area contributed by atoms with Gasteiger partial charge in [-0.25, -0.2) is 9.50 Å². The van der Waals surface area contributed by atoms with Crippen LogP contribution in [0.25, 0.3) is 22.4 Å². The summed E-state index contributed by atoms with van der Waals surface area (Å²) < 4.78 is 10.1. The van der Waals surface area contributed by atoms with E-state index in [-0.39, 0.29) is 34.0 Å². The highest BCUT2D eigenvalue weighted by Gasteiger charge is 2.25. The van der Waals surface area contributed by atoms with Gasteiger partial charge >= 0.3 is 0 Å². The monoisotopic (exact) mass is 519 g/mol. The van der Waals surface area contributed by atoms with E-state index in [0.717, 1.165) is 0 Å². The quantitative estimate of drug-likeness (QED) is 0.337. The first-order valence-electron chi connectivity index (χ1n) is 11.9. The van der Waals surface area contributed by atoms with Gasteiger partial charge in [-0.1, -0.05) is 30.0 Å². The molecule has 12 heteroatoms. The minimum Gasteiger partial charge on any atom is -0.445 e. The highest BCUT2D eigenvalue weighted by atomic mass is 16.3. The van der Waals surface area contributed by atoms with E-state index in [2.05, 4.69) is 37.3 Å². The number of aromatic nitrogens is 7. The zero-order valence-corrected chi connectivity index (χ0v) is 20.9. The largest absolute Gasteiger partial charge is 0.445 e. The van der Waals surface area contributed by atoms with Crippen LogP contribution >= 0.6 is 0 Å². The van der Waals surface area contributed by atoms with Crippen molar-refractivity contribution < 1.29 is 9.21 Å². The zero-order valence-electron chi connectivity index (χ0n) is 20.9. The average molecular weight is 520 g/mol. The van der Waals surface area contributed by atoms with Gasteiger partial charge in [0.2, 0.25) is 5.71 Å². The molecule has 0 unspecified atom stereocenters. The van der Waals surface area contributed by atoms with Crippen LogP contribution in [-0.4, -0.2) is 39.8 Å². The Bertz CT molecular complexity index is 1990. The van der Waals surface area contributed by atoms with E-state index in [1.165, 1.54) is 21.5 Å². The van der Waals surface area contributed by atoms with Gasteiger partial charge in [-0.2, -0.15) is 15.2 Å². The summed E-state index contributed by atoms with van der Waals surface area (Å²) in [6.07, 6.45) is 6.33. The first-order chi connectivity index (χ1) is 18.9. The molecule has 3 N–H and O–H groups in total. The molecule has 1 aromatic carbocycles. The molecule has 0 fully saturated rings. The maximum atomic E-state index is 13.9. The van der Waals surface area contributed by atoms with E-state index in [9.17, 15) is 9.59 Å². The number of carbonyl (C=O) groups is 1. The van der Waals surface area contributed by atoms with E-state index in [1.54, 1.807) is 55.3 Å². The Morgan fingerprint density at radius 1 is 1.10 bits per heavy atom. The average Bonchev–Trinajstić information content (AvgIpc) is 3.63. The number of aryl methyl sites for hydroxylation is 1. The fourth-order valence-corrected chi connectivity index (χ4v) is 4.29. The van der Waals surface area contributed by atoms with Gasteiger partial charge in [0.05, 0.1) is 29.1 Å². The number of anilines is 1. The number of benzene rings is 1. The molecule has 39 heavy (non-hydrogen) atoms. The number of nitrogens with one attached hydrogen (secondary N) is 1. The highest BCUT2D eigenvalue weighted by molar-refractivity contribution is 5.98. The van der Waals surface area contributed by atoms with Crippen LogP contribution in [0.2, 0.25) is 0 Å². The number of fused-ring (bicyclic) bond motifs is 2. The van der Waals surface area contributed by atoms with Crippen LogP contribution < -0.4 is 16.6 Å². The summed E-state index contributed by atoms with van der Waals surface area (Å²) in [7, 11) is 1.79. The van der Waals surface area contributed by atoms with Gasteiger partial charge in [-0.05, 0) is 31.2 Å². The van der Waals surface area contributed by atoms with Crippen LogP contribution in [0, 0.1) is 11.8 Å². The van der Waals surface area contributed by atoms with E-state index in [1.807, 2.05) is 18.2 Å². The SMILES string of the molecule is C[C@H](NC(=O)c1c(N)nc2cccnn12)c1nc2occ(C#Cc3cnn(C)c3)c2c(=O)n1-c1ccccc1. The van der Waals surface area contributed by atoms with Crippen LogP contribution in [0.15, 0.2) is 76.5 Å². The molecule has 0 spiro atoms. The number of para-hydroxylation sites is 1. The van der Waals surface area contributed by atoms with Crippen molar-refractivity contribution in [1.82, 2.24) is 39.2 Å². The standard InChI is InChI=1S/C27H21N9O3/c1-16(31-25(37)22-23(28)32-20-9-6-12-29-36(20)22)24-33-26-21(27(38)35(24)19-7-4-3-5-8-19)18(15-39-26)11-10-17-13-30-34(2)14-17/h3-9,12-16H,28H2,1-2H3,(H,31,37)/t16-/m0/s1. The molecule has 192 valence electrons. The summed E-state index contributed by atoms with van der Waals surface area (Å²) in [5.74, 6) is 5.75. The minimum atomic E-state index is -0.738. The van der Waals surface area contributed by atoms with Crippen molar-refractivity contribution in [1.29, 1.82) is 0 Å². The number of imidazole rings is 1. The molecule has 12 nitrogen and oxygen atoms in total. The van der Waals surface area contributed by atoms with Crippen LogP contribution in [0.1, 0.15) is 40.4 Å². The second-order valence-corrected chi connectivity index (χ2v) is 8.76. The van der Waals surface area contributed by atoms with Gasteiger partial charge < -0.3 is 15.5 Å². The van der Waals surface area contributed by atoms with Gasteiger partial charge in [0.15, 0.2) is 17.2 Å². The van der Waals surface area contributed by atoms with Crippen molar-refractivity contribution in [3.63, 3.8) is 0 Å². The predicted octanol–water partition coefficient (Wildman–Crippen LogP) is 2.23. The third-order valence-electron chi connectivity index (χ3n) is 6.06. The molecule has 6 rings (SSSR count). The van der Waals surface area contributed by atoms with Gasteiger partial charge in [-0.3, -0.25) is 18.8 Å². The number of carbonyl (C=O) groups excluding carboxylic acids is 1. The third-order valence-corrected chi connectivity index (χ3v) is 6.06. The lowest BCUT2D eigenvalue weighted by atomic mass is 10.2. The summed E-state index contributed by atoms with van der Waals surface area (Å²) in [5, 5.41) is 11.4. The van der Waals surface area contributed by atoms with E-state index >= 15 is 0 Å². The Hall–Kier alpha value is -5.70. The molecule has 0 aliphatic carbocycles.